The summed E-state index contributed by atoms with van der Waals surface area (Å²) in [5, 5.41) is 2.74. The average Bonchev–Trinajstić information content (AvgIpc) is 3.28. The van der Waals surface area contributed by atoms with E-state index < -0.39 is 32.5 Å². The van der Waals surface area contributed by atoms with E-state index in [2.05, 4.69) is 38.2 Å². The summed E-state index contributed by atoms with van der Waals surface area (Å²) in [6.45, 7) is 5.84. The minimum atomic E-state index is -4.53. The second-order valence-electron chi connectivity index (χ2n) is 18.4. The van der Waals surface area contributed by atoms with E-state index in [4.69, 9.17) is 18.5 Å². The highest BCUT2D eigenvalue weighted by molar-refractivity contribution is 7.47. The van der Waals surface area contributed by atoms with Gasteiger partial charge >= 0.3 is 19.8 Å². The Morgan fingerprint density at radius 3 is 1.27 bits per heavy atom. The molecule has 11 heteroatoms. The van der Waals surface area contributed by atoms with E-state index in [1.807, 2.05) is 0 Å². The molecule has 0 aliphatic carbocycles. The number of allylic oxidation sites excluding steroid dienone is 2. The third-order valence-electron chi connectivity index (χ3n) is 12.0. The number of ether oxygens (including phenoxy) is 2. The van der Waals surface area contributed by atoms with Crippen molar-refractivity contribution in [1.82, 2.24) is 5.32 Å². The minimum Gasteiger partial charge on any atom is -0.462 e. The lowest BCUT2D eigenvalue weighted by Crippen LogP contribution is -2.30. The van der Waals surface area contributed by atoms with Gasteiger partial charge in [-0.15, -0.1) is 0 Å². The zero-order valence-electron chi connectivity index (χ0n) is 42.0. The number of amides is 1. The number of nitrogens with one attached hydrogen (secondary N) is 1. The molecule has 2 N–H and O–H groups in total. The largest absolute Gasteiger partial charge is 0.472 e. The number of phosphoric acid groups is 1. The maximum absolute atomic E-state index is 12.8. The number of phosphoric ester groups is 1. The molecule has 0 bridgehead atoms. The number of esters is 2. The molecule has 1 amide bonds. The molecule has 0 aromatic rings. The normalized spacial score (nSPS) is 13.0. The molecule has 0 saturated heterocycles. The fourth-order valence-corrected chi connectivity index (χ4v) is 8.60. The minimum absolute atomic E-state index is 0.0661. The molecule has 0 aliphatic rings. The Bertz CT molecular complexity index is 1120. The van der Waals surface area contributed by atoms with Crippen LogP contribution in [0.1, 0.15) is 278 Å². The third-order valence-corrected chi connectivity index (χ3v) is 12.9. The van der Waals surface area contributed by atoms with Gasteiger partial charge in [0.1, 0.15) is 6.61 Å². The standard InChI is InChI=1S/C53H102NO9P/c1-4-7-10-13-16-19-22-25-28-31-34-37-40-43-51(55)54-46-47-61-64(58,59)62-49-50(63-53(57)45-42-39-36-33-30-27-24-21-18-15-12-9-6-3)48-60-52(56)44-41-38-35-32-29-26-23-20-17-14-11-8-5-2/h20,23,50H,4-19,21-22,24-49H2,1-3H3,(H,54,55)(H,58,59)/b23-20-/t50-/m1/s1. The first-order valence-corrected chi connectivity index (χ1v) is 28.6. The Balaban J connectivity index is 4.49. The summed E-state index contributed by atoms with van der Waals surface area (Å²) in [4.78, 5) is 48.0. The highest BCUT2D eigenvalue weighted by Crippen LogP contribution is 2.43. The van der Waals surface area contributed by atoms with Crippen LogP contribution in [0, 0.1) is 0 Å². The zero-order valence-corrected chi connectivity index (χ0v) is 42.9. The Hall–Kier alpha value is -1.74. The van der Waals surface area contributed by atoms with E-state index in [0.29, 0.717) is 19.3 Å². The molecule has 64 heavy (non-hydrogen) atoms. The SMILES string of the molecule is CCCCCC/C=C\CCCCCCCC(=O)OC[C@H](COP(=O)(O)OCCNC(=O)CCCCCCCCCCCCCCC)OC(=O)CCCCCCCCCCCCCCC. The Labute approximate surface area is 394 Å². The van der Waals surface area contributed by atoms with Crippen molar-refractivity contribution < 1.29 is 42.4 Å². The predicted molar refractivity (Wildman–Crippen MR) is 266 cm³/mol. The van der Waals surface area contributed by atoms with Gasteiger partial charge in [-0.3, -0.25) is 23.4 Å². The van der Waals surface area contributed by atoms with Gasteiger partial charge in [0.05, 0.1) is 13.2 Å². The summed E-state index contributed by atoms with van der Waals surface area (Å²) in [7, 11) is -4.53. The molecule has 2 atom stereocenters. The molecule has 0 saturated carbocycles. The Kier molecular flexibility index (Phi) is 47.8. The van der Waals surface area contributed by atoms with Crippen LogP contribution in [0.15, 0.2) is 12.2 Å². The van der Waals surface area contributed by atoms with Crippen molar-refractivity contribution >= 4 is 25.7 Å². The monoisotopic (exact) mass is 928 g/mol. The molecule has 1 unspecified atom stereocenters. The van der Waals surface area contributed by atoms with Crippen LogP contribution >= 0.6 is 7.82 Å². The van der Waals surface area contributed by atoms with Crippen molar-refractivity contribution in [3.63, 3.8) is 0 Å². The second kappa shape index (κ2) is 49.2. The van der Waals surface area contributed by atoms with E-state index in [0.717, 1.165) is 70.6 Å². The van der Waals surface area contributed by atoms with Gasteiger partial charge < -0.3 is 19.7 Å². The van der Waals surface area contributed by atoms with Crippen molar-refractivity contribution in [3.05, 3.63) is 12.2 Å². The molecule has 0 radical (unpaired) electrons. The summed E-state index contributed by atoms with van der Waals surface area (Å²) >= 11 is 0. The van der Waals surface area contributed by atoms with E-state index in [1.165, 1.54) is 154 Å². The summed E-state index contributed by atoms with van der Waals surface area (Å²) in [5.41, 5.74) is 0. The van der Waals surface area contributed by atoms with Crippen LogP contribution in [0.2, 0.25) is 0 Å². The number of carbonyl (C=O) groups is 3. The highest BCUT2D eigenvalue weighted by Gasteiger charge is 2.26. The smallest absolute Gasteiger partial charge is 0.462 e. The maximum atomic E-state index is 12.8. The summed E-state index contributed by atoms with van der Waals surface area (Å²) < 4.78 is 34.0. The van der Waals surface area contributed by atoms with Crippen molar-refractivity contribution in [3.8, 4) is 0 Å². The van der Waals surface area contributed by atoms with Gasteiger partial charge in [0.25, 0.3) is 0 Å². The number of hydrogen-bond acceptors (Lipinski definition) is 8. The predicted octanol–water partition coefficient (Wildman–Crippen LogP) is 15.9. The molecule has 0 aliphatic heterocycles. The van der Waals surface area contributed by atoms with Gasteiger partial charge in [0, 0.05) is 25.8 Å². The van der Waals surface area contributed by atoms with E-state index in [-0.39, 0.29) is 38.5 Å². The number of rotatable bonds is 51. The van der Waals surface area contributed by atoms with E-state index in [1.54, 1.807) is 0 Å². The molecule has 10 nitrogen and oxygen atoms in total. The molecule has 0 fully saturated rings. The van der Waals surface area contributed by atoms with Crippen LogP contribution in [0.4, 0.5) is 0 Å². The van der Waals surface area contributed by atoms with Crippen molar-refractivity contribution in [2.75, 3.05) is 26.4 Å². The molecule has 378 valence electrons. The molecular weight excluding hydrogens is 826 g/mol. The van der Waals surface area contributed by atoms with Gasteiger partial charge in [0.15, 0.2) is 6.10 Å². The first-order chi connectivity index (χ1) is 31.2. The fourth-order valence-electron chi connectivity index (χ4n) is 7.85. The topological polar surface area (TPSA) is 137 Å². The summed E-state index contributed by atoms with van der Waals surface area (Å²) in [6.07, 6.45) is 48.5. The molecule has 0 spiro atoms. The summed E-state index contributed by atoms with van der Waals surface area (Å²) in [6, 6.07) is 0. The quantitative estimate of drug-likeness (QED) is 0.0264. The van der Waals surface area contributed by atoms with Crippen LogP contribution in [-0.4, -0.2) is 55.2 Å². The zero-order chi connectivity index (χ0) is 46.9. The van der Waals surface area contributed by atoms with Gasteiger partial charge in [-0.05, 0) is 44.9 Å². The van der Waals surface area contributed by atoms with Gasteiger partial charge in [-0.25, -0.2) is 4.57 Å². The number of hydrogen-bond donors (Lipinski definition) is 2. The lowest BCUT2D eigenvalue weighted by Gasteiger charge is -2.20. The fraction of sp³-hybridized carbons (Fsp3) is 0.906. The lowest BCUT2D eigenvalue weighted by atomic mass is 10.0. The highest BCUT2D eigenvalue weighted by atomic mass is 31.2. The van der Waals surface area contributed by atoms with Gasteiger partial charge in [-0.1, -0.05) is 226 Å². The Morgan fingerprint density at radius 2 is 0.828 bits per heavy atom. The molecule has 0 rings (SSSR count). The van der Waals surface area contributed by atoms with Crippen LogP contribution in [-0.2, 0) is 37.5 Å². The summed E-state index contributed by atoms with van der Waals surface area (Å²) in [5.74, 6) is -0.977. The number of unbranched alkanes of at least 4 members (excludes halogenated alkanes) is 33. The molecule has 0 aromatic carbocycles. The molecule has 0 aromatic heterocycles. The van der Waals surface area contributed by atoms with E-state index >= 15 is 0 Å². The van der Waals surface area contributed by atoms with Gasteiger partial charge in [0.2, 0.25) is 5.91 Å². The van der Waals surface area contributed by atoms with Crippen LogP contribution in [0.5, 0.6) is 0 Å². The maximum Gasteiger partial charge on any atom is 0.472 e. The second-order valence-corrected chi connectivity index (χ2v) is 19.8. The third kappa shape index (κ3) is 48.2. The van der Waals surface area contributed by atoms with Crippen LogP contribution in [0.25, 0.3) is 0 Å². The van der Waals surface area contributed by atoms with Crippen molar-refractivity contribution in [2.24, 2.45) is 0 Å². The van der Waals surface area contributed by atoms with Gasteiger partial charge in [-0.2, -0.15) is 0 Å². The molecule has 0 heterocycles. The van der Waals surface area contributed by atoms with E-state index in [9.17, 15) is 23.8 Å². The first kappa shape index (κ1) is 62.3. The lowest BCUT2D eigenvalue weighted by molar-refractivity contribution is -0.161. The Morgan fingerprint density at radius 1 is 0.469 bits per heavy atom. The van der Waals surface area contributed by atoms with Crippen molar-refractivity contribution in [2.45, 2.75) is 284 Å². The molecular formula is C53H102NO9P. The van der Waals surface area contributed by atoms with Crippen LogP contribution in [0.3, 0.4) is 0 Å². The van der Waals surface area contributed by atoms with Crippen LogP contribution < -0.4 is 5.32 Å². The van der Waals surface area contributed by atoms with Crippen molar-refractivity contribution in [1.29, 1.82) is 0 Å². The average molecular weight is 928 g/mol. The first-order valence-electron chi connectivity index (χ1n) is 27.1. The number of carbonyl (C=O) groups excluding carboxylic acids is 3.